The van der Waals surface area contributed by atoms with Crippen molar-refractivity contribution in [1.82, 2.24) is 15.5 Å². The Morgan fingerprint density at radius 3 is 2.52 bits per heavy atom. The van der Waals surface area contributed by atoms with Crippen molar-refractivity contribution in [3.63, 3.8) is 0 Å². The SMILES string of the molecule is O=C(NCc1ccccc1OC(F)(F)F)NC1CCN(C(=O)c2ccco2)CC1. The number of alkyl halides is 3. The van der Waals surface area contributed by atoms with Gasteiger partial charge in [-0.05, 0) is 31.0 Å². The van der Waals surface area contributed by atoms with E-state index in [1.165, 1.54) is 24.5 Å². The number of benzene rings is 1. The minimum Gasteiger partial charge on any atom is -0.459 e. The molecule has 1 fully saturated rings. The molecule has 1 aliphatic rings. The van der Waals surface area contributed by atoms with E-state index in [4.69, 9.17) is 4.42 Å². The third-order valence-corrected chi connectivity index (χ3v) is 4.49. The number of urea groups is 1. The predicted molar refractivity (Wildman–Crippen MR) is 96.1 cm³/mol. The molecular weight excluding hydrogens is 391 g/mol. The van der Waals surface area contributed by atoms with Crippen molar-refractivity contribution in [2.45, 2.75) is 31.8 Å². The van der Waals surface area contributed by atoms with Crippen LogP contribution >= 0.6 is 0 Å². The van der Waals surface area contributed by atoms with Gasteiger partial charge >= 0.3 is 12.4 Å². The monoisotopic (exact) mass is 411 g/mol. The molecule has 1 saturated heterocycles. The lowest BCUT2D eigenvalue weighted by atomic mass is 10.0. The van der Waals surface area contributed by atoms with Crippen LogP contribution in [0.3, 0.4) is 0 Å². The van der Waals surface area contributed by atoms with E-state index >= 15 is 0 Å². The summed E-state index contributed by atoms with van der Waals surface area (Å²) in [5.41, 5.74) is 0.207. The molecule has 1 aliphatic heterocycles. The van der Waals surface area contributed by atoms with Crippen LogP contribution < -0.4 is 15.4 Å². The molecule has 0 saturated carbocycles. The number of piperidine rings is 1. The molecule has 29 heavy (non-hydrogen) atoms. The molecule has 0 bridgehead atoms. The number of rotatable bonds is 5. The fourth-order valence-electron chi connectivity index (χ4n) is 3.07. The Labute approximate surface area is 164 Å². The van der Waals surface area contributed by atoms with Crippen molar-refractivity contribution >= 4 is 11.9 Å². The van der Waals surface area contributed by atoms with Crippen LogP contribution in [0, 0.1) is 0 Å². The van der Waals surface area contributed by atoms with Crippen molar-refractivity contribution in [3.05, 3.63) is 54.0 Å². The van der Waals surface area contributed by atoms with Gasteiger partial charge in [-0.25, -0.2) is 4.79 Å². The molecule has 7 nitrogen and oxygen atoms in total. The number of amides is 3. The molecule has 0 unspecified atom stereocenters. The molecule has 1 aromatic carbocycles. The first-order valence-corrected chi connectivity index (χ1v) is 9.02. The number of hydrogen-bond acceptors (Lipinski definition) is 4. The molecule has 2 heterocycles. The van der Waals surface area contributed by atoms with Crippen molar-refractivity contribution in [3.8, 4) is 5.75 Å². The van der Waals surface area contributed by atoms with Gasteiger partial charge in [0.1, 0.15) is 5.75 Å². The number of nitrogens with one attached hydrogen (secondary N) is 2. The molecule has 0 spiro atoms. The summed E-state index contributed by atoms with van der Waals surface area (Å²) in [6, 6.07) is 8.21. The fourth-order valence-corrected chi connectivity index (χ4v) is 3.07. The quantitative estimate of drug-likeness (QED) is 0.791. The zero-order valence-corrected chi connectivity index (χ0v) is 15.4. The third-order valence-electron chi connectivity index (χ3n) is 4.49. The average Bonchev–Trinajstić information content (AvgIpc) is 3.21. The summed E-state index contributed by atoms with van der Waals surface area (Å²) in [6.45, 7) is 0.813. The number of hydrogen-bond donors (Lipinski definition) is 2. The van der Waals surface area contributed by atoms with Crippen LogP contribution in [0.1, 0.15) is 29.0 Å². The van der Waals surface area contributed by atoms with Gasteiger partial charge < -0.3 is 24.7 Å². The van der Waals surface area contributed by atoms with Crippen molar-refractivity contribution in [1.29, 1.82) is 0 Å². The highest BCUT2D eigenvalue weighted by Crippen LogP contribution is 2.26. The Balaban J connectivity index is 1.45. The van der Waals surface area contributed by atoms with Gasteiger partial charge in [0, 0.05) is 31.2 Å². The first-order valence-electron chi connectivity index (χ1n) is 9.02. The predicted octanol–water partition coefficient (Wildman–Crippen LogP) is 3.28. The van der Waals surface area contributed by atoms with Crippen LogP contribution in [0.15, 0.2) is 47.1 Å². The van der Waals surface area contributed by atoms with Gasteiger partial charge in [0.25, 0.3) is 5.91 Å². The lowest BCUT2D eigenvalue weighted by molar-refractivity contribution is -0.274. The van der Waals surface area contributed by atoms with E-state index in [0.717, 1.165) is 0 Å². The number of para-hydroxylation sites is 1. The standard InChI is InChI=1S/C19H20F3N3O4/c20-19(21,22)29-15-5-2-1-4-13(15)12-23-18(27)24-14-7-9-25(10-8-14)17(26)16-6-3-11-28-16/h1-6,11,14H,7-10,12H2,(H2,23,24,27). The molecule has 3 amide bonds. The summed E-state index contributed by atoms with van der Waals surface area (Å²) < 4.78 is 46.4. The van der Waals surface area contributed by atoms with E-state index in [0.29, 0.717) is 25.9 Å². The van der Waals surface area contributed by atoms with Gasteiger partial charge in [-0.1, -0.05) is 18.2 Å². The summed E-state index contributed by atoms with van der Waals surface area (Å²) in [4.78, 5) is 26.0. The zero-order chi connectivity index (χ0) is 20.9. The molecule has 1 aromatic heterocycles. The highest BCUT2D eigenvalue weighted by molar-refractivity contribution is 5.91. The average molecular weight is 411 g/mol. The Hall–Kier alpha value is -3.17. The minimum absolute atomic E-state index is 0.117. The number of halogens is 3. The van der Waals surface area contributed by atoms with Gasteiger partial charge in [-0.3, -0.25) is 4.79 Å². The molecule has 2 aromatic rings. The first-order chi connectivity index (χ1) is 13.8. The van der Waals surface area contributed by atoms with Crippen LogP contribution in [0.25, 0.3) is 0 Å². The molecular formula is C19H20F3N3O4. The minimum atomic E-state index is -4.81. The lowest BCUT2D eigenvalue weighted by Crippen LogP contribution is -2.49. The van der Waals surface area contributed by atoms with Crippen LogP contribution in [0.4, 0.5) is 18.0 Å². The maximum atomic E-state index is 12.5. The Kier molecular flexibility index (Phi) is 6.30. The molecule has 0 aliphatic carbocycles. The Morgan fingerprint density at radius 1 is 1.14 bits per heavy atom. The summed E-state index contributed by atoms with van der Waals surface area (Å²) in [5.74, 6) is -0.280. The van der Waals surface area contributed by atoms with E-state index in [2.05, 4.69) is 15.4 Å². The van der Waals surface area contributed by atoms with Crippen LogP contribution in [0.5, 0.6) is 5.75 Å². The van der Waals surface area contributed by atoms with Crippen LogP contribution in [0.2, 0.25) is 0 Å². The number of carbonyl (C=O) groups excluding carboxylic acids is 2. The molecule has 0 atom stereocenters. The number of nitrogens with zero attached hydrogens (tertiary/aromatic N) is 1. The third kappa shape index (κ3) is 5.90. The van der Waals surface area contributed by atoms with Crippen LogP contribution in [-0.4, -0.2) is 42.3 Å². The maximum absolute atomic E-state index is 12.5. The molecule has 0 radical (unpaired) electrons. The number of carbonyl (C=O) groups is 2. The van der Waals surface area contributed by atoms with E-state index in [9.17, 15) is 22.8 Å². The first kappa shape index (κ1) is 20.6. The highest BCUT2D eigenvalue weighted by atomic mass is 19.4. The second-order valence-corrected chi connectivity index (χ2v) is 6.53. The van der Waals surface area contributed by atoms with Gasteiger partial charge in [0.15, 0.2) is 5.76 Å². The largest absolute Gasteiger partial charge is 0.573 e. The second kappa shape index (κ2) is 8.89. The summed E-state index contributed by atoms with van der Waals surface area (Å²) >= 11 is 0. The highest BCUT2D eigenvalue weighted by Gasteiger charge is 2.32. The van der Waals surface area contributed by atoms with E-state index in [-0.39, 0.29) is 35.6 Å². The summed E-state index contributed by atoms with van der Waals surface area (Å²) in [5, 5.41) is 5.31. The number of ether oxygens (including phenoxy) is 1. The van der Waals surface area contributed by atoms with Gasteiger partial charge in [-0.15, -0.1) is 13.2 Å². The topological polar surface area (TPSA) is 83.8 Å². The Bertz CT molecular complexity index is 831. The number of furan rings is 1. The Morgan fingerprint density at radius 2 is 1.86 bits per heavy atom. The fraction of sp³-hybridized carbons (Fsp3) is 0.368. The zero-order valence-electron chi connectivity index (χ0n) is 15.4. The van der Waals surface area contributed by atoms with Crippen molar-refractivity contribution < 1.29 is 31.9 Å². The maximum Gasteiger partial charge on any atom is 0.573 e. The molecule has 3 rings (SSSR count). The molecule has 2 N–H and O–H groups in total. The number of likely N-dealkylation sites (tertiary alicyclic amines) is 1. The molecule has 10 heteroatoms. The van der Waals surface area contributed by atoms with Gasteiger partial charge in [-0.2, -0.15) is 0 Å². The van der Waals surface area contributed by atoms with Crippen molar-refractivity contribution in [2.24, 2.45) is 0 Å². The smallest absolute Gasteiger partial charge is 0.459 e. The molecule has 156 valence electrons. The normalized spacial score (nSPS) is 15.1. The van der Waals surface area contributed by atoms with Crippen molar-refractivity contribution in [2.75, 3.05) is 13.1 Å². The van der Waals surface area contributed by atoms with Gasteiger partial charge in [0.05, 0.1) is 6.26 Å². The van der Waals surface area contributed by atoms with Crippen LogP contribution in [-0.2, 0) is 6.54 Å². The van der Waals surface area contributed by atoms with E-state index in [1.807, 2.05) is 0 Å². The summed E-state index contributed by atoms with van der Waals surface area (Å²) in [6.07, 6.45) is -2.25. The summed E-state index contributed by atoms with van der Waals surface area (Å²) in [7, 11) is 0. The van der Waals surface area contributed by atoms with E-state index in [1.54, 1.807) is 23.1 Å². The second-order valence-electron chi connectivity index (χ2n) is 6.53. The van der Waals surface area contributed by atoms with Gasteiger partial charge in [0.2, 0.25) is 0 Å². The van der Waals surface area contributed by atoms with E-state index < -0.39 is 12.4 Å². The lowest BCUT2D eigenvalue weighted by Gasteiger charge is -2.31.